The smallest absolute Gasteiger partial charge is 0.215 e. The highest BCUT2D eigenvalue weighted by Crippen LogP contribution is 2.25. The van der Waals surface area contributed by atoms with Crippen molar-refractivity contribution >= 4 is 33.8 Å². The van der Waals surface area contributed by atoms with Gasteiger partial charge < -0.3 is 9.47 Å². The van der Waals surface area contributed by atoms with Gasteiger partial charge in [-0.15, -0.1) is 0 Å². The number of thioether (sulfide) groups is 2. The molecule has 0 N–H and O–H groups in total. The third kappa shape index (κ3) is 8.05. The summed E-state index contributed by atoms with van der Waals surface area (Å²) < 4.78 is 11.1. The number of carbonyl (C=O) groups is 2. The molecule has 0 amide bonds. The van der Waals surface area contributed by atoms with Gasteiger partial charge in [-0.3, -0.25) is 9.59 Å². The van der Waals surface area contributed by atoms with Crippen LogP contribution in [0.5, 0.6) is 11.5 Å². The minimum absolute atomic E-state index is 0.00382. The standard InChI is InChI=1S/C23H22O4S2/c1-4-22(24)28-15-13-26-20-9-5-18(6-10-20)19-7-11-21(12-8-19)27-14-16-29-23(25)17(2)3/h4-13,15H,1-2,14,16H2,3H3. The van der Waals surface area contributed by atoms with Gasteiger partial charge in [0.15, 0.2) is 0 Å². The fraction of sp³-hybridized carbons (Fsp3) is 0.130. The molecule has 0 bridgehead atoms. The Hall–Kier alpha value is -2.70. The number of carbonyl (C=O) groups excluding carboxylic acids is 2. The molecule has 0 aliphatic carbocycles. The topological polar surface area (TPSA) is 52.6 Å². The molecule has 0 saturated carbocycles. The summed E-state index contributed by atoms with van der Waals surface area (Å²) in [6.07, 6.45) is 2.72. The molecule has 0 aliphatic heterocycles. The lowest BCUT2D eigenvalue weighted by Gasteiger charge is -2.08. The van der Waals surface area contributed by atoms with Crippen LogP contribution in [0.4, 0.5) is 0 Å². The molecule has 0 atom stereocenters. The number of hydrogen-bond donors (Lipinski definition) is 0. The predicted octanol–water partition coefficient (Wildman–Crippen LogP) is 5.86. The van der Waals surface area contributed by atoms with Gasteiger partial charge in [0.2, 0.25) is 10.2 Å². The lowest BCUT2D eigenvalue weighted by Crippen LogP contribution is -2.03. The van der Waals surface area contributed by atoms with Crippen molar-refractivity contribution in [3.8, 4) is 22.6 Å². The van der Waals surface area contributed by atoms with E-state index in [1.165, 1.54) is 24.1 Å². The van der Waals surface area contributed by atoms with E-state index in [-0.39, 0.29) is 10.2 Å². The third-order valence-corrected chi connectivity index (χ3v) is 5.21. The van der Waals surface area contributed by atoms with Crippen LogP contribution < -0.4 is 9.47 Å². The van der Waals surface area contributed by atoms with E-state index in [1.807, 2.05) is 48.5 Å². The number of ether oxygens (including phenoxy) is 2. The van der Waals surface area contributed by atoms with Crippen molar-refractivity contribution in [1.29, 1.82) is 0 Å². The Labute approximate surface area is 179 Å². The maximum Gasteiger partial charge on any atom is 0.215 e. The molecule has 2 aromatic carbocycles. The van der Waals surface area contributed by atoms with Crippen molar-refractivity contribution in [2.24, 2.45) is 0 Å². The highest BCUT2D eigenvalue weighted by atomic mass is 32.2. The summed E-state index contributed by atoms with van der Waals surface area (Å²) >= 11 is 2.22. The van der Waals surface area contributed by atoms with Crippen LogP contribution in [0.3, 0.4) is 0 Å². The minimum Gasteiger partial charge on any atom is -0.493 e. The second kappa shape index (κ2) is 12.0. The van der Waals surface area contributed by atoms with E-state index < -0.39 is 0 Å². The summed E-state index contributed by atoms with van der Waals surface area (Å²) in [6, 6.07) is 15.4. The molecule has 0 unspecified atom stereocenters. The van der Waals surface area contributed by atoms with E-state index in [9.17, 15) is 9.59 Å². The van der Waals surface area contributed by atoms with Gasteiger partial charge in [0.05, 0.1) is 12.9 Å². The van der Waals surface area contributed by atoms with E-state index in [0.29, 0.717) is 23.7 Å². The Balaban J connectivity index is 1.83. The van der Waals surface area contributed by atoms with E-state index in [4.69, 9.17) is 9.47 Å². The fourth-order valence-corrected chi connectivity index (χ4v) is 3.08. The molecule has 6 heteroatoms. The fourth-order valence-electron chi connectivity index (χ4n) is 2.14. The van der Waals surface area contributed by atoms with Gasteiger partial charge in [-0.1, -0.05) is 60.9 Å². The molecule has 0 spiro atoms. The van der Waals surface area contributed by atoms with E-state index in [0.717, 1.165) is 28.6 Å². The van der Waals surface area contributed by atoms with Gasteiger partial charge in [-0.25, -0.2) is 0 Å². The summed E-state index contributed by atoms with van der Waals surface area (Å²) in [5.74, 6) is 2.02. The Bertz CT molecular complexity index is 884. The van der Waals surface area contributed by atoms with Crippen LogP contribution in [-0.4, -0.2) is 22.6 Å². The van der Waals surface area contributed by atoms with Crippen molar-refractivity contribution in [2.45, 2.75) is 6.92 Å². The molecule has 0 radical (unpaired) electrons. The van der Waals surface area contributed by atoms with Crippen molar-refractivity contribution in [2.75, 3.05) is 12.4 Å². The molecule has 0 heterocycles. The molecule has 2 aromatic rings. The van der Waals surface area contributed by atoms with Crippen LogP contribution in [0.15, 0.2) is 85.0 Å². The number of rotatable bonds is 10. The zero-order valence-corrected chi connectivity index (χ0v) is 17.8. The molecule has 4 nitrogen and oxygen atoms in total. The molecule has 29 heavy (non-hydrogen) atoms. The van der Waals surface area contributed by atoms with E-state index in [1.54, 1.807) is 12.3 Å². The van der Waals surface area contributed by atoms with Crippen molar-refractivity contribution in [3.63, 3.8) is 0 Å². The largest absolute Gasteiger partial charge is 0.493 e. The van der Waals surface area contributed by atoms with Gasteiger partial charge in [0.1, 0.15) is 11.5 Å². The zero-order chi connectivity index (χ0) is 21.1. The molecule has 0 saturated heterocycles. The molecule has 0 aromatic heterocycles. The summed E-state index contributed by atoms with van der Waals surface area (Å²) in [5, 5.41) is 1.44. The van der Waals surface area contributed by atoms with Crippen LogP contribution in [-0.2, 0) is 9.59 Å². The normalized spacial score (nSPS) is 10.5. The van der Waals surface area contributed by atoms with Crippen molar-refractivity contribution in [3.05, 3.63) is 85.0 Å². The van der Waals surface area contributed by atoms with Crippen LogP contribution >= 0.6 is 23.5 Å². The lowest BCUT2D eigenvalue weighted by atomic mass is 10.1. The summed E-state index contributed by atoms with van der Waals surface area (Å²) in [4.78, 5) is 22.6. The summed E-state index contributed by atoms with van der Waals surface area (Å²) in [7, 11) is 0. The molecule has 2 rings (SSSR count). The molecular formula is C23H22O4S2. The van der Waals surface area contributed by atoms with Crippen LogP contribution in [0.1, 0.15) is 6.92 Å². The molecule has 0 aliphatic rings. The maximum absolute atomic E-state index is 11.5. The lowest BCUT2D eigenvalue weighted by molar-refractivity contribution is -0.108. The average molecular weight is 427 g/mol. The molecule has 0 fully saturated rings. The molecule has 150 valence electrons. The van der Waals surface area contributed by atoms with Gasteiger partial charge in [-0.2, -0.15) is 0 Å². The Morgan fingerprint density at radius 2 is 1.59 bits per heavy atom. The number of hydrogen-bond acceptors (Lipinski definition) is 6. The van der Waals surface area contributed by atoms with Crippen LogP contribution in [0.25, 0.3) is 11.1 Å². The molecular weight excluding hydrogens is 404 g/mol. The second-order valence-corrected chi connectivity index (χ2v) is 7.82. The number of benzene rings is 2. The SMILES string of the molecule is C=CC(=O)SC=COc1ccc(-c2ccc(OCCSC(=O)C(=C)C)cc2)cc1. The average Bonchev–Trinajstić information content (AvgIpc) is 2.74. The monoisotopic (exact) mass is 426 g/mol. The maximum atomic E-state index is 11.5. The van der Waals surface area contributed by atoms with Gasteiger partial charge in [-0.05, 0) is 54.0 Å². The Morgan fingerprint density at radius 3 is 2.14 bits per heavy atom. The first-order valence-electron chi connectivity index (χ1n) is 8.80. The van der Waals surface area contributed by atoms with Crippen molar-refractivity contribution in [1.82, 2.24) is 0 Å². The van der Waals surface area contributed by atoms with Crippen molar-refractivity contribution < 1.29 is 19.1 Å². The van der Waals surface area contributed by atoms with E-state index in [2.05, 4.69) is 13.2 Å². The van der Waals surface area contributed by atoms with Crippen LogP contribution in [0, 0.1) is 0 Å². The van der Waals surface area contributed by atoms with Gasteiger partial charge in [0, 0.05) is 11.2 Å². The first-order chi connectivity index (χ1) is 14.0. The quantitative estimate of drug-likeness (QED) is 0.269. The minimum atomic E-state index is -0.133. The Morgan fingerprint density at radius 1 is 1.00 bits per heavy atom. The van der Waals surface area contributed by atoms with Crippen LogP contribution in [0.2, 0.25) is 0 Å². The second-order valence-electron chi connectivity index (χ2n) is 5.84. The van der Waals surface area contributed by atoms with E-state index >= 15 is 0 Å². The zero-order valence-electron chi connectivity index (χ0n) is 16.1. The van der Waals surface area contributed by atoms with Gasteiger partial charge >= 0.3 is 0 Å². The predicted molar refractivity (Wildman–Crippen MR) is 122 cm³/mol. The third-order valence-electron chi connectivity index (χ3n) is 3.59. The van der Waals surface area contributed by atoms with Gasteiger partial charge in [0.25, 0.3) is 0 Å². The first-order valence-corrected chi connectivity index (χ1v) is 10.7. The summed E-state index contributed by atoms with van der Waals surface area (Å²) in [6.45, 7) is 9.19. The first kappa shape index (κ1) is 22.6. The summed E-state index contributed by atoms with van der Waals surface area (Å²) in [5.41, 5.74) is 2.65. The highest BCUT2D eigenvalue weighted by Gasteiger charge is 2.04. The highest BCUT2D eigenvalue weighted by molar-refractivity contribution is 8.16. The Kier molecular flexibility index (Phi) is 9.34.